The van der Waals surface area contributed by atoms with E-state index < -0.39 is 30.9 Å². The van der Waals surface area contributed by atoms with E-state index in [1.165, 1.54) is 24.3 Å². The molecule has 1 atom stereocenters. The summed E-state index contributed by atoms with van der Waals surface area (Å²) in [6, 6.07) is 5.73. The molecule has 0 aliphatic rings. The van der Waals surface area contributed by atoms with Crippen LogP contribution in [0.1, 0.15) is 24.3 Å². The molecule has 1 unspecified atom stereocenters. The van der Waals surface area contributed by atoms with Crippen molar-refractivity contribution in [1.29, 1.82) is 0 Å². The minimum atomic E-state index is -4.39. The molecule has 1 aromatic rings. The van der Waals surface area contributed by atoms with Crippen molar-refractivity contribution in [3.05, 3.63) is 34.9 Å². The molecule has 0 amide bonds. The Bertz CT molecular complexity index is 387. The van der Waals surface area contributed by atoms with Crippen LogP contribution < -0.4 is 0 Å². The SMILES string of the molecule is O=C(O)CC(CC(F)(F)F)c1ccc(Cl)cc1. The summed E-state index contributed by atoms with van der Waals surface area (Å²) in [5.74, 6) is -2.33. The first-order valence-electron chi connectivity index (χ1n) is 4.82. The van der Waals surface area contributed by atoms with Crippen molar-refractivity contribution in [2.75, 3.05) is 0 Å². The summed E-state index contributed by atoms with van der Waals surface area (Å²) in [7, 11) is 0. The zero-order chi connectivity index (χ0) is 13.1. The molecule has 1 aromatic carbocycles. The minimum Gasteiger partial charge on any atom is -0.481 e. The number of carboxylic acids is 1. The van der Waals surface area contributed by atoms with Crippen molar-refractivity contribution in [3.63, 3.8) is 0 Å². The van der Waals surface area contributed by atoms with Gasteiger partial charge in [-0.05, 0) is 17.7 Å². The van der Waals surface area contributed by atoms with Gasteiger partial charge in [0.15, 0.2) is 0 Å². The summed E-state index contributed by atoms with van der Waals surface area (Å²) >= 11 is 5.62. The third-order valence-electron chi connectivity index (χ3n) is 2.24. The predicted molar refractivity (Wildman–Crippen MR) is 57.1 cm³/mol. The number of halogens is 4. The van der Waals surface area contributed by atoms with Crippen molar-refractivity contribution < 1.29 is 23.1 Å². The standard InChI is InChI=1S/C11H10ClF3O2/c12-9-3-1-7(2-4-9)8(5-10(16)17)6-11(13,14)15/h1-4,8H,5-6H2,(H,16,17). The van der Waals surface area contributed by atoms with Gasteiger partial charge in [0, 0.05) is 10.9 Å². The largest absolute Gasteiger partial charge is 0.481 e. The number of carbonyl (C=O) groups is 1. The average Bonchev–Trinajstić information content (AvgIpc) is 2.14. The number of hydrogen-bond donors (Lipinski definition) is 1. The van der Waals surface area contributed by atoms with Crippen LogP contribution in [0, 0.1) is 0 Å². The molecule has 6 heteroatoms. The van der Waals surface area contributed by atoms with Crippen LogP contribution >= 0.6 is 11.6 Å². The molecule has 0 aliphatic heterocycles. The molecule has 0 spiro atoms. The molecular weight excluding hydrogens is 257 g/mol. The van der Waals surface area contributed by atoms with Gasteiger partial charge in [-0.15, -0.1) is 0 Å². The molecule has 0 fully saturated rings. The molecule has 0 radical (unpaired) electrons. The number of benzene rings is 1. The van der Waals surface area contributed by atoms with Crippen molar-refractivity contribution in [2.45, 2.75) is 24.9 Å². The van der Waals surface area contributed by atoms with Crippen LogP contribution in [0.15, 0.2) is 24.3 Å². The summed E-state index contributed by atoms with van der Waals surface area (Å²) < 4.78 is 36.9. The lowest BCUT2D eigenvalue weighted by atomic mass is 9.92. The fourth-order valence-corrected chi connectivity index (χ4v) is 1.66. The number of rotatable bonds is 4. The van der Waals surface area contributed by atoms with E-state index in [4.69, 9.17) is 16.7 Å². The van der Waals surface area contributed by atoms with E-state index in [1.807, 2.05) is 0 Å². The Labute approximate surface area is 101 Å². The molecule has 0 heterocycles. The molecule has 1 N–H and O–H groups in total. The van der Waals surface area contributed by atoms with Gasteiger partial charge in [0.2, 0.25) is 0 Å². The summed E-state index contributed by atoms with van der Waals surface area (Å²) in [5.41, 5.74) is 0.328. The van der Waals surface area contributed by atoms with E-state index in [2.05, 4.69) is 0 Å². The van der Waals surface area contributed by atoms with Gasteiger partial charge >= 0.3 is 12.1 Å². The van der Waals surface area contributed by atoms with Crippen LogP contribution in [0.5, 0.6) is 0 Å². The summed E-state index contributed by atoms with van der Waals surface area (Å²) in [6.07, 6.45) is -6.10. The highest BCUT2D eigenvalue weighted by Crippen LogP contribution is 2.33. The molecule has 0 bridgehead atoms. The van der Waals surface area contributed by atoms with E-state index in [1.54, 1.807) is 0 Å². The highest BCUT2D eigenvalue weighted by molar-refractivity contribution is 6.30. The lowest BCUT2D eigenvalue weighted by molar-refractivity contribution is -0.145. The van der Waals surface area contributed by atoms with Gasteiger partial charge in [-0.3, -0.25) is 4.79 Å². The van der Waals surface area contributed by atoms with Crippen LogP contribution in [0.3, 0.4) is 0 Å². The number of hydrogen-bond acceptors (Lipinski definition) is 1. The maximum Gasteiger partial charge on any atom is 0.389 e. The predicted octanol–water partition coefficient (Wildman–Crippen LogP) is 3.85. The van der Waals surface area contributed by atoms with Crippen LogP contribution in [0.2, 0.25) is 5.02 Å². The Morgan fingerprint density at radius 2 is 1.82 bits per heavy atom. The maximum atomic E-state index is 12.3. The molecule has 0 saturated heterocycles. The highest BCUT2D eigenvalue weighted by Gasteiger charge is 2.33. The Hall–Kier alpha value is -1.23. The third-order valence-corrected chi connectivity index (χ3v) is 2.49. The zero-order valence-electron chi connectivity index (χ0n) is 8.67. The Morgan fingerprint density at radius 1 is 1.29 bits per heavy atom. The summed E-state index contributed by atoms with van der Waals surface area (Å²) in [5, 5.41) is 9.00. The van der Waals surface area contributed by atoms with E-state index in [0.717, 1.165) is 0 Å². The third kappa shape index (κ3) is 5.08. The molecule has 0 aromatic heterocycles. The molecule has 0 saturated carbocycles. The van der Waals surface area contributed by atoms with Gasteiger partial charge in [0.25, 0.3) is 0 Å². The van der Waals surface area contributed by atoms with Gasteiger partial charge in [-0.25, -0.2) is 0 Å². The Kier molecular flexibility index (Phi) is 4.40. The van der Waals surface area contributed by atoms with Gasteiger partial charge in [-0.2, -0.15) is 13.2 Å². The van der Waals surface area contributed by atoms with Crippen molar-refractivity contribution >= 4 is 17.6 Å². The van der Waals surface area contributed by atoms with Crippen molar-refractivity contribution in [1.82, 2.24) is 0 Å². The molecule has 1 rings (SSSR count). The number of carboxylic acid groups (broad SMARTS) is 1. The highest BCUT2D eigenvalue weighted by atomic mass is 35.5. The first kappa shape index (κ1) is 13.8. The average molecular weight is 267 g/mol. The zero-order valence-corrected chi connectivity index (χ0v) is 9.42. The molecule has 2 nitrogen and oxygen atoms in total. The van der Waals surface area contributed by atoms with Crippen LogP contribution in [-0.4, -0.2) is 17.3 Å². The van der Waals surface area contributed by atoms with Crippen molar-refractivity contribution in [3.8, 4) is 0 Å². The monoisotopic (exact) mass is 266 g/mol. The van der Waals surface area contributed by atoms with Gasteiger partial charge in [0.1, 0.15) is 0 Å². The fourth-order valence-electron chi connectivity index (χ4n) is 1.53. The Balaban J connectivity index is 2.89. The molecule has 94 valence electrons. The van der Waals surface area contributed by atoms with Gasteiger partial charge < -0.3 is 5.11 Å². The first-order valence-corrected chi connectivity index (χ1v) is 5.20. The quantitative estimate of drug-likeness (QED) is 0.899. The lowest BCUT2D eigenvalue weighted by Crippen LogP contribution is -2.16. The number of aliphatic carboxylic acids is 1. The van der Waals surface area contributed by atoms with Crippen molar-refractivity contribution in [2.24, 2.45) is 0 Å². The normalized spacial score (nSPS) is 13.4. The smallest absolute Gasteiger partial charge is 0.389 e. The second-order valence-electron chi connectivity index (χ2n) is 3.67. The second kappa shape index (κ2) is 5.40. The van der Waals surface area contributed by atoms with Crippen LogP contribution in [0.25, 0.3) is 0 Å². The van der Waals surface area contributed by atoms with E-state index in [9.17, 15) is 18.0 Å². The first-order chi connectivity index (χ1) is 7.78. The number of alkyl halides is 3. The topological polar surface area (TPSA) is 37.3 Å². The van der Waals surface area contributed by atoms with E-state index >= 15 is 0 Å². The maximum absolute atomic E-state index is 12.3. The molecule has 0 aliphatic carbocycles. The summed E-state index contributed by atoms with van der Waals surface area (Å²) in [6.45, 7) is 0. The minimum absolute atomic E-state index is 0.328. The van der Waals surface area contributed by atoms with Gasteiger partial charge in [-0.1, -0.05) is 23.7 Å². The fraction of sp³-hybridized carbons (Fsp3) is 0.364. The van der Waals surface area contributed by atoms with E-state index in [-0.39, 0.29) is 0 Å². The Morgan fingerprint density at radius 3 is 2.24 bits per heavy atom. The van der Waals surface area contributed by atoms with Crippen LogP contribution in [-0.2, 0) is 4.79 Å². The lowest BCUT2D eigenvalue weighted by Gasteiger charge is -2.17. The second-order valence-corrected chi connectivity index (χ2v) is 4.10. The molecular formula is C11H10ClF3O2. The summed E-state index contributed by atoms with van der Waals surface area (Å²) in [4.78, 5) is 10.5. The van der Waals surface area contributed by atoms with Crippen LogP contribution in [0.4, 0.5) is 13.2 Å². The molecule has 17 heavy (non-hydrogen) atoms. The van der Waals surface area contributed by atoms with E-state index in [0.29, 0.717) is 10.6 Å². The van der Waals surface area contributed by atoms with Gasteiger partial charge in [0.05, 0.1) is 12.8 Å².